The van der Waals surface area contributed by atoms with Gasteiger partial charge in [0, 0.05) is 17.9 Å². The summed E-state index contributed by atoms with van der Waals surface area (Å²) in [5, 5.41) is 5.38. The van der Waals surface area contributed by atoms with Crippen LogP contribution in [0.25, 0.3) is 0 Å². The van der Waals surface area contributed by atoms with Gasteiger partial charge >= 0.3 is 0 Å². The molecule has 0 saturated carbocycles. The number of amides is 1. The average molecular weight is 358 g/mol. The molecule has 3 N–H and O–H groups in total. The van der Waals surface area contributed by atoms with Gasteiger partial charge < -0.3 is 20.5 Å². The second kappa shape index (κ2) is 9.34. The molecule has 0 fully saturated rings. The number of carbonyl (C=O) groups is 1. The lowest BCUT2D eigenvalue weighted by Gasteiger charge is -2.12. The molecule has 0 aliphatic carbocycles. The number of thiazole rings is 1. The van der Waals surface area contributed by atoms with Crippen molar-refractivity contribution in [3.8, 4) is 11.5 Å². The highest BCUT2D eigenvalue weighted by molar-refractivity contribution is 7.09. The normalized spacial score (nSPS) is 9.87. The first kappa shape index (κ1) is 19.2. The Kier molecular flexibility index (Phi) is 7.80. The molecule has 1 heterocycles. The molecule has 1 aromatic carbocycles. The van der Waals surface area contributed by atoms with E-state index in [1.807, 2.05) is 6.92 Å². The van der Waals surface area contributed by atoms with E-state index < -0.39 is 0 Å². The zero-order chi connectivity index (χ0) is 15.9. The minimum Gasteiger partial charge on any atom is -0.497 e. The zero-order valence-corrected chi connectivity index (χ0v) is 14.6. The number of benzene rings is 1. The van der Waals surface area contributed by atoms with Crippen LogP contribution < -0.4 is 20.5 Å². The van der Waals surface area contributed by atoms with Crippen molar-refractivity contribution in [2.24, 2.45) is 5.73 Å². The standard InChI is InChI=1S/C15H19N3O3S.ClH/c1-3-21-13-5-4-10(20-2)8-11(13)18-15(19)12-9-22-14(17-12)6-7-16;/h4-5,8-9H,3,6-7,16H2,1-2H3,(H,18,19);1H. The first-order valence-corrected chi connectivity index (χ1v) is 7.82. The van der Waals surface area contributed by atoms with Crippen LogP contribution in [-0.2, 0) is 6.42 Å². The second-order valence-corrected chi connectivity index (χ2v) is 5.36. The number of nitrogens with two attached hydrogens (primary N) is 1. The summed E-state index contributed by atoms with van der Waals surface area (Å²) < 4.78 is 10.7. The number of methoxy groups -OCH3 is 1. The molecule has 0 aliphatic heterocycles. The fourth-order valence-electron chi connectivity index (χ4n) is 1.85. The van der Waals surface area contributed by atoms with Crippen LogP contribution in [0.1, 0.15) is 22.4 Å². The van der Waals surface area contributed by atoms with Gasteiger partial charge in [-0.15, -0.1) is 23.7 Å². The van der Waals surface area contributed by atoms with Crippen LogP contribution >= 0.6 is 23.7 Å². The Balaban J connectivity index is 0.00000264. The molecule has 1 amide bonds. The van der Waals surface area contributed by atoms with Gasteiger partial charge in [-0.05, 0) is 25.6 Å². The predicted octanol–water partition coefficient (Wildman–Crippen LogP) is 2.73. The number of carbonyl (C=O) groups excluding carboxylic acids is 1. The molecule has 0 spiro atoms. The molecule has 126 valence electrons. The molecular formula is C15H20ClN3O3S. The van der Waals surface area contributed by atoms with E-state index in [0.29, 0.717) is 42.5 Å². The number of nitrogens with one attached hydrogen (secondary N) is 1. The molecule has 23 heavy (non-hydrogen) atoms. The van der Waals surface area contributed by atoms with Crippen molar-refractivity contribution in [1.82, 2.24) is 4.98 Å². The van der Waals surface area contributed by atoms with E-state index in [0.717, 1.165) is 5.01 Å². The van der Waals surface area contributed by atoms with Crippen molar-refractivity contribution in [3.05, 3.63) is 34.3 Å². The third-order valence-corrected chi connectivity index (χ3v) is 3.79. The maximum atomic E-state index is 12.3. The van der Waals surface area contributed by atoms with Crippen LogP contribution in [0.4, 0.5) is 5.69 Å². The van der Waals surface area contributed by atoms with E-state index in [2.05, 4.69) is 10.3 Å². The van der Waals surface area contributed by atoms with Crippen molar-refractivity contribution in [2.75, 3.05) is 25.6 Å². The van der Waals surface area contributed by atoms with Gasteiger partial charge in [0.2, 0.25) is 0 Å². The van der Waals surface area contributed by atoms with Gasteiger partial charge in [-0.3, -0.25) is 4.79 Å². The molecule has 0 saturated heterocycles. The van der Waals surface area contributed by atoms with Gasteiger partial charge in [0.05, 0.1) is 24.4 Å². The lowest BCUT2D eigenvalue weighted by Crippen LogP contribution is -2.14. The Morgan fingerprint density at radius 1 is 1.43 bits per heavy atom. The summed E-state index contributed by atoms with van der Waals surface area (Å²) >= 11 is 1.43. The second-order valence-electron chi connectivity index (χ2n) is 4.41. The van der Waals surface area contributed by atoms with Crippen LogP contribution in [0.5, 0.6) is 11.5 Å². The Bertz CT molecular complexity index is 649. The fraction of sp³-hybridized carbons (Fsp3) is 0.333. The first-order chi connectivity index (χ1) is 10.7. The highest BCUT2D eigenvalue weighted by atomic mass is 35.5. The van der Waals surface area contributed by atoms with E-state index in [9.17, 15) is 4.79 Å². The van der Waals surface area contributed by atoms with Crippen LogP contribution in [-0.4, -0.2) is 31.2 Å². The van der Waals surface area contributed by atoms with Gasteiger partial charge in [-0.1, -0.05) is 0 Å². The topological polar surface area (TPSA) is 86.5 Å². The lowest BCUT2D eigenvalue weighted by atomic mass is 10.2. The van der Waals surface area contributed by atoms with Crippen LogP contribution in [0.3, 0.4) is 0 Å². The molecule has 1 aromatic heterocycles. The summed E-state index contributed by atoms with van der Waals surface area (Å²) in [6, 6.07) is 5.26. The van der Waals surface area contributed by atoms with Gasteiger partial charge in [0.15, 0.2) is 0 Å². The molecule has 2 aromatic rings. The molecule has 6 nitrogen and oxygen atoms in total. The number of nitrogens with zero attached hydrogens (tertiary/aromatic N) is 1. The predicted molar refractivity (Wildman–Crippen MR) is 94.2 cm³/mol. The summed E-state index contributed by atoms with van der Waals surface area (Å²) in [6.45, 7) is 2.90. The Morgan fingerprint density at radius 2 is 2.22 bits per heavy atom. The van der Waals surface area contributed by atoms with Crippen molar-refractivity contribution in [2.45, 2.75) is 13.3 Å². The summed E-state index contributed by atoms with van der Waals surface area (Å²) in [5.74, 6) is 0.948. The van der Waals surface area contributed by atoms with Crippen molar-refractivity contribution >= 4 is 35.3 Å². The molecular weight excluding hydrogens is 338 g/mol. The maximum Gasteiger partial charge on any atom is 0.275 e. The molecule has 0 aliphatic rings. The summed E-state index contributed by atoms with van der Waals surface area (Å²) in [7, 11) is 1.57. The van der Waals surface area contributed by atoms with Crippen LogP contribution in [0, 0.1) is 0 Å². The molecule has 0 bridgehead atoms. The van der Waals surface area contributed by atoms with Crippen molar-refractivity contribution in [3.63, 3.8) is 0 Å². The minimum absolute atomic E-state index is 0. The minimum atomic E-state index is -0.284. The number of anilines is 1. The zero-order valence-electron chi connectivity index (χ0n) is 13.0. The monoisotopic (exact) mass is 357 g/mol. The van der Waals surface area contributed by atoms with E-state index in [1.54, 1.807) is 30.7 Å². The van der Waals surface area contributed by atoms with E-state index in [4.69, 9.17) is 15.2 Å². The summed E-state index contributed by atoms with van der Waals surface area (Å²) in [5.41, 5.74) is 6.42. The van der Waals surface area contributed by atoms with Crippen molar-refractivity contribution < 1.29 is 14.3 Å². The van der Waals surface area contributed by atoms with E-state index in [-0.39, 0.29) is 18.3 Å². The number of hydrogen-bond acceptors (Lipinski definition) is 6. The van der Waals surface area contributed by atoms with Gasteiger partial charge in [-0.25, -0.2) is 4.98 Å². The maximum absolute atomic E-state index is 12.3. The number of rotatable bonds is 7. The molecule has 0 atom stereocenters. The number of aromatic nitrogens is 1. The van der Waals surface area contributed by atoms with Gasteiger partial charge in [0.25, 0.3) is 5.91 Å². The SMILES string of the molecule is CCOc1ccc(OC)cc1NC(=O)c1csc(CCN)n1.Cl. The van der Waals surface area contributed by atoms with Crippen LogP contribution in [0.2, 0.25) is 0 Å². The van der Waals surface area contributed by atoms with Crippen molar-refractivity contribution in [1.29, 1.82) is 0 Å². The van der Waals surface area contributed by atoms with E-state index in [1.165, 1.54) is 11.3 Å². The van der Waals surface area contributed by atoms with Gasteiger partial charge in [-0.2, -0.15) is 0 Å². The highest BCUT2D eigenvalue weighted by Crippen LogP contribution is 2.29. The van der Waals surface area contributed by atoms with Gasteiger partial charge in [0.1, 0.15) is 17.2 Å². The Morgan fingerprint density at radius 3 is 2.87 bits per heavy atom. The summed E-state index contributed by atoms with van der Waals surface area (Å²) in [4.78, 5) is 16.6. The Hall–Kier alpha value is -1.83. The Labute approximate surface area is 145 Å². The average Bonchev–Trinajstić information content (AvgIpc) is 2.98. The molecule has 8 heteroatoms. The summed E-state index contributed by atoms with van der Waals surface area (Å²) in [6.07, 6.45) is 0.668. The van der Waals surface area contributed by atoms with E-state index >= 15 is 0 Å². The molecule has 0 radical (unpaired) electrons. The fourth-order valence-corrected chi connectivity index (χ4v) is 2.65. The first-order valence-electron chi connectivity index (χ1n) is 6.94. The largest absolute Gasteiger partial charge is 0.497 e. The molecule has 2 rings (SSSR count). The third-order valence-electron chi connectivity index (χ3n) is 2.88. The number of hydrogen-bond donors (Lipinski definition) is 2. The highest BCUT2D eigenvalue weighted by Gasteiger charge is 2.14. The smallest absolute Gasteiger partial charge is 0.275 e. The van der Waals surface area contributed by atoms with Crippen LogP contribution in [0.15, 0.2) is 23.6 Å². The number of ether oxygens (including phenoxy) is 2. The quantitative estimate of drug-likeness (QED) is 0.795. The number of halogens is 1. The lowest BCUT2D eigenvalue weighted by molar-refractivity contribution is 0.102. The third kappa shape index (κ3) is 5.09. The molecule has 0 unspecified atom stereocenters.